The van der Waals surface area contributed by atoms with Crippen LogP contribution in [0.25, 0.3) is 11.3 Å². The molecule has 1 N–H and O–H groups in total. The van der Waals surface area contributed by atoms with Gasteiger partial charge < -0.3 is 14.4 Å². The van der Waals surface area contributed by atoms with E-state index in [0.717, 1.165) is 5.56 Å². The van der Waals surface area contributed by atoms with Crippen LogP contribution in [0.2, 0.25) is 0 Å². The lowest BCUT2D eigenvalue weighted by atomic mass is 10.1. The van der Waals surface area contributed by atoms with Crippen LogP contribution < -0.4 is 0 Å². The molecule has 0 aliphatic heterocycles. The molecule has 0 unspecified atom stereocenters. The Morgan fingerprint density at radius 3 is 2.28 bits per heavy atom. The number of aromatic nitrogens is 1. The van der Waals surface area contributed by atoms with Gasteiger partial charge in [-0.05, 0) is 12.5 Å². The summed E-state index contributed by atoms with van der Waals surface area (Å²) in [6.45, 7) is 2.03. The molecule has 0 aliphatic carbocycles. The van der Waals surface area contributed by atoms with Crippen LogP contribution in [0.5, 0.6) is 5.75 Å². The van der Waals surface area contributed by atoms with Gasteiger partial charge in [0.2, 0.25) is 0 Å². The highest BCUT2D eigenvalue weighted by atomic mass is 19.1. The molecule has 0 radical (unpaired) electrons. The van der Waals surface area contributed by atoms with Gasteiger partial charge in [-0.1, -0.05) is 60.7 Å². The van der Waals surface area contributed by atoms with Crippen LogP contribution in [0.15, 0.2) is 60.7 Å². The number of hydrogen-bond donors (Lipinski definition) is 1. The van der Waals surface area contributed by atoms with Crippen molar-refractivity contribution in [3.63, 3.8) is 0 Å². The van der Waals surface area contributed by atoms with Gasteiger partial charge in [0.25, 0.3) is 0 Å². The molecule has 4 nitrogen and oxygen atoms in total. The summed E-state index contributed by atoms with van der Waals surface area (Å²) in [6.07, 6.45) is 0. The second-order valence-corrected chi connectivity index (χ2v) is 5.52. The van der Waals surface area contributed by atoms with E-state index >= 15 is 0 Å². The molecular weight excluding hydrogens is 321 g/mol. The quantitative estimate of drug-likeness (QED) is 0.708. The molecule has 0 amide bonds. The lowest BCUT2D eigenvalue weighted by molar-refractivity contribution is 0.0510. The van der Waals surface area contributed by atoms with E-state index in [0.29, 0.717) is 5.56 Å². The molecule has 2 aromatic carbocycles. The minimum atomic E-state index is -0.829. The third-order valence-corrected chi connectivity index (χ3v) is 3.88. The molecule has 25 heavy (non-hydrogen) atoms. The van der Waals surface area contributed by atoms with Gasteiger partial charge in [0.1, 0.15) is 0 Å². The third-order valence-electron chi connectivity index (χ3n) is 3.88. The maximum Gasteiger partial charge on any atom is 0.358 e. The summed E-state index contributed by atoms with van der Waals surface area (Å²) in [5, 5.41) is 10.2. The molecular formula is C20H18FNO3. The number of rotatable bonds is 5. The molecule has 0 spiro atoms. The number of nitrogens with zero attached hydrogens (tertiary/aromatic N) is 1. The zero-order valence-electron chi connectivity index (χ0n) is 13.8. The van der Waals surface area contributed by atoms with E-state index in [9.17, 15) is 14.3 Å². The topological polar surface area (TPSA) is 51.5 Å². The number of halogens is 1. The molecule has 0 aliphatic rings. The van der Waals surface area contributed by atoms with Crippen molar-refractivity contribution in [2.45, 2.75) is 13.5 Å². The highest BCUT2D eigenvalue weighted by molar-refractivity contribution is 5.93. The molecule has 3 rings (SSSR count). The van der Waals surface area contributed by atoms with Crippen molar-refractivity contribution in [3.8, 4) is 17.0 Å². The fraction of sp³-hybridized carbons (Fsp3) is 0.150. The first-order chi connectivity index (χ1) is 12.1. The Hall–Kier alpha value is -3.08. The fourth-order valence-electron chi connectivity index (χ4n) is 2.78. The van der Waals surface area contributed by atoms with Crippen LogP contribution in [0, 0.1) is 5.82 Å². The summed E-state index contributed by atoms with van der Waals surface area (Å²) in [6, 6.07) is 18.2. The first kappa shape index (κ1) is 16.8. The fourth-order valence-corrected chi connectivity index (χ4v) is 2.78. The van der Waals surface area contributed by atoms with Crippen LogP contribution in [0.3, 0.4) is 0 Å². The van der Waals surface area contributed by atoms with E-state index < -0.39 is 17.5 Å². The van der Waals surface area contributed by atoms with E-state index in [4.69, 9.17) is 4.74 Å². The molecule has 0 saturated heterocycles. The van der Waals surface area contributed by atoms with Crippen molar-refractivity contribution in [1.82, 2.24) is 4.57 Å². The van der Waals surface area contributed by atoms with Gasteiger partial charge in [-0.15, -0.1) is 0 Å². The van der Waals surface area contributed by atoms with Gasteiger partial charge in [0, 0.05) is 12.1 Å². The van der Waals surface area contributed by atoms with Crippen LogP contribution in [0.4, 0.5) is 4.39 Å². The smallest absolute Gasteiger partial charge is 0.358 e. The van der Waals surface area contributed by atoms with Crippen molar-refractivity contribution in [2.75, 3.05) is 6.61 Å². The second kappa shape index (κ2) is 7.21. The number of ether oxygens (including phenoxy) is 1. The number of carbonyl (C=O) groups is 1. The maximum atomic E-state index is 14.8. The minimum absolute atomic E-state index is 0.136. The number of carbonyl (C=O) groups excluding carboxylic acids is 1. The van der Waals surface area contributed by atoms with Crippen molar-refractivity contribution in [3.05, 3.63) is 77.7 Å². The van der Waals surface area contributed by atoms with Gasteiger partial charge in [-0.25, -0.2) is 9.18 Å². The zero-order valence-corrected chi connectivity index (χ0v) is 13.8. The van der Waals surface area contributed by atoms with Crippen LogP contribution in [-0.4, -0.2) is 22.2 Å². The van der Waals surface area contributed by atoms with Gasteiger partial charge in [0.05, 0.1) is 12.3 Å². The Kier molecular flexibility index (Phi) is 4.84. The number of hydrogen-bond acceptors (Lipinski definition) is 3. The summed E-state index contributed by atoms with van der Waals surface area (Å²) in [7, 11) is 0. The van der Waals surface area contributed by atoms with Crippen LogP contribution >= 0.6 is 0 Å². The first-order valence-corrected chi connectivity index (χ1v) is 8.00. The molecule has 1 aromatic heterocycles. The summed E-state index contributed by atoms with van der Waals surface area (Å²) in [5.74, 6) is -2.27. The lowest BCUT2D eigenvalue weighted by Crippen LogP contribution is -2.14. The van der Waals surface area contributed by atoms with E-state index in [-0.39, 0.29) is 24.5 Å². The Bertz CT molecular complexity index is 873. The molecule has 1 heterocycles. The largest absolute Gasteiger partial charge is 0.503 e. The van der Waals surface area contributed by atoms with E-state index in [2.05, 4.69) is 0 Å². The van der Waals surface area contributed by atoms with Crippen molar-refractivity contribution >= 4 is 5.97 Å². The standard InChI is InChI=1S/C20H18FNO3/c1-2-25-20(24)18-19(23)16(21)17(15-11-7-4-8-12-15)22(18)13-14-9-5-3-6-10-14/h3-12,23H,2,13H2,1H3. The minimum Gasteiger partial charge on any atom is -0.503 e. The van der Waals surface area contributed by atoms with Gasteiger partial charge in [0.15, 0.2) is 17.3 Å². The molecule has 0 fully saturated rings. The molecule has 0 saturated carbocycles. The van der Waals surface area contributed by atoms with Crippen LogP contribution in [-0.2, 0) is 11.3 Å². The number of aromatic hydroxyl groups is 1. The summed E-state index contributed by atoms with van der Waals surface area (Å²) in [5.41, 5.74) is 1.43. The maximum absolute atomic E-state index is 14.8. The van der Waals surface area contributed by atoms with Crippen molar-refractivity contribution in [1.29, 1.82) is 0 Å². The van der Waals surface area contributed by atoms with Gasteiger partial charge in [-0.2, -0.15) is 0 Å². The predicted octanol–water partition coefficient (Wildman–Crippen LogP) is 4.22. The normalized spacial score (nSPS) is 10.6. The number of esters is 1. The highest BCUT2D eigenvalue weighted by Gasteiger charge is 2.29. The van der Waals surface area contributed by atoms with Gasteiger partial charge in [-0.3, -0.25) is 0 Å². The third kappa shape index (κ3) is 3.26. The average Bonchev–Trinajstić information content (AvgIpc) is 2.87. The lowest BCUT2D eigenvalue weighted by Gasteiger charge is -2.13. The second-order valence-electron chi connectivity index (χ2n) is 5.52. The highest BCUT2D eigenvalue weighted by Crippen LogP contribution is 2.36. The van der Waals surface area contributed by atoms with Crippen molar-refractivity contribution < 1.29 is 19.0 Å². The molecule has 3 aromatic rings. The van der Waals surface area contributed by atoms with Gasteiger partial charge >= 0.3 is 5.97 Å². The Balaban J connectivity index is 2.20. The average molecular weight is 339 g/mol. The van der Waals surface area contributed by atoms with E-state index in [1.807, 2.05) is 36.4 Å². The zero-order chi connectivity index (χ0) is 17.8. The Morgan fingerprint density at radius 1 is 1.08 bits per heavy atom. The SMILES string of the molecule is CCOC(=O)c1c(O)c(F)c(-c2ccccc2)n1Cc1ccccc1. The van der Waals surface area contributed by atoms with Crippen molar-refractivity contribution in [2.24, 2.45) is 0 Å². The first-order valence-electron chi connectivity index (χ1n) is 8.00. The predicted molar refractivity (Wildman–Crippen MR) is 93.0 cm³/mol. The summed E-state index contributed by atoms with van der Waals surface area (Å²) in [4.78, 5) is 12.3. The monoisotopic (exact) mass is 339 g/mol. The molecule has 5 heteroatoms. The summed E-state index contributed by atoms with van der Waals surface area (Å²) < 4.78 is 21.3. The molecule has 0 bridgehead atoms. The Labute approximate surface area is 145 Å². The molecule has 128 valence electrons. The van der Waals surface area contributed by atoms with E-state index in [1.165, 1.54) is 4.57 Å². The van der Waals surface area contributed by atoms with E-state index in [1.54, 1.807) is 31.2 Å². The van der Waals surface area contributed by atoms with Crippen LogP contribution in [0.1, 0.15) is 23.0 Å². The molecule has 0 atom stereocenters. The Morgan fingerprint density at radius 2 is 1.68 bits per heavy atom. The number of benzene rings is 2. The summed E-state index contributed by atoms with van der Waals surface area (Å²) >= 11 is 0.